The van der Waals surface area contributed by atoms with Crippen molar-refractivity contribution in [3.8, 4) is 11.1 Å². The lowest BCUT2D eigenvalue weighted by molar-refractivity contribution is -0.122. The first kappa shape index (κ1) is 20.7. The van der Waals surface area contributed by atoms with Gasteiger partial charge in [-0.1, -0.05) is 12.1 Å². The number of carbonyl (C=O) groups excluding carboxylic acids is 1. The van der Waals surface area contributed by atoms with E-state index in [2.05, 4.69) is 20.5 Å². The molecule has 8 heteroatoms. The third kappa shape index (κ3) is 4.05. The summed E-state index contributed by atoms with van der Waals surface area (Å²) in [6.07, 6.45) is 3.64. The van der Waals surface area contributed by atoms with E-state index in [4.69, 9.17) is 0 Å². The maximum absolute atomic E-state index is 13.3. The van der Waals surface area contributed by atoms with Gasteiger partial charge in [-0.05, 0) is 57.0 Å². The fourth-order valence-corrected chi connectivity index (χ4v) is 3.88. The standard InChI is InChI=1S/C23H25FN6O/c1-5-29-12-20(15(3)27-29)14(2)26-21(31)13-30-23-22(16(4)28-30)19(10-11-25-23)17-6-8-18(24)9-7-17/h6-12,14H,5,13H2,1-4H3,(H,26,31). The number of fused-ring (bicyclic) bond motifs is 1. The number of nitrogens with one attached hydrogen (secondary N) is 1. The first-order valence-corrected chi connectivity index (χ1v) is 10.3. The van der Waals surface area contributed by atoms with Crippen LogP contribution in [0.25, 0.3) is 22.2 Å². The van der Waals surface area contributed by atoms with Gasteiger partial charge in [-0.25, -0.2) is 14.1 Å². The van der Waals surface area contributed by atoms with E-state index in [0.29, 0.717) is 5.65 Å². The lowest BCUT2D eigenvalue weighted by Crippen LogP contribution is -2.30. The van der Waals surface area contributed by atoms with Crippen molar-refractivity contribution in [2.24, 2.45) is 0 Å². The zero-order valence-corrected chi connectivity index (χ0v) is 18.1. The van der Waals surface area contributed by atoms with Crippen LogP contribution >= 0.6 is 0 Å². The Morgan fingerprint density at radius 3 is 2.55 bits per heavy atom. The number of carbonyl (C=O) groups is 1. The number of aryl methyl sites for hydroxylation is 3. The fraction of sp³-hybridized carbons (Fsp3) is 0.304. The molecule has 1 aromatic carbocycles. The van der Waals surface area contributed by atoms with Crippen molar-refractivity contribution >= 4 is 16.9 Å². The van der Waals surface area contributed by atoms with Gasteiger partial charge in [0.15, 0.2) is 5.65 Å². The topological polar surface area (TPSA) is 77.6 Å². The molecule has 0 bridgehead atoms. The molecule has 1 N–H and O–H groups in total. The third-order valence-corrected chi connectivity index (χ3v) is 5.41. The monoisotopic (exact) mass is 420 g/mol. The molecule has 1 atom stereocenters. The van der Waals surface area contributed by atoms with E-state index < -0.39 is 0 Å². The quantitative estimate of drug-likeness (QED) is 0.512. The van der Waals surface area contributed by atoms with E-state index in [1.165, 1.54) is 12.1 Å². The van der Waals surface area contributed by atoms with Crippen LogP contribution in [0.4, 0.5) is 4.39 Å². The summed E-state index contributed by atoms with van der Waals surface area (Å²) in [6, 6.07) is 8.03. The number of hydrogen-bond donors (Lipinski definition) is 1. The highest BCUT2D eigenvalue weighted by Crippen LogP contribution is 2.30. The predicted molar refractivity (Wildman–Crippen MR) is 117 cm³/mol. The third-order valence-electron chi connectivity index (χ3n) is 5.41. The van der Waals surface area contributed by atoms with Gasteiger partial charge in [-0.2, -0.15) is 10.2 Å². The summed E-state index contributed by atoms with van der Waals surface area (Å²) in [4.78, 5) is 17.2. The minimum Gasteiger partial charge on any atom is -0.348 e. The number of halogens is 1. The molecule has 0 aliphatic carbocycles. The van der Waals surface area contributed by atoms with Crippen molar-refractivity contribution in [3.05, 3.63) is 65.5 Å². The van der Waals surface area contributed by atoms with Gasteiger partial charge >= 0.3 is 0 Å². The van der Waals surface area contributed by atoms with Crippen LogP contribution in [0.15, 0.2) is 42.7 Å². The number of benzene rings is 1. The Labute approximate surface area is 179 Å². The second-order valence-corrected chi connectivity index (χ2v) is 7.62. The summed E-state index contributed by atoms with van der Waals surface area (Å²) in [7, 11) is 0. The van der Waals surface area contributed by atoms with Gasteiger partial charge in [-0.15, -0.1) is 0 Å². The first-order chi connectivity index (χ1) is 14.9. The molecule has 0 aliphatic rings. The van der Waals surface area contributed by atoms with Crippen molar-refractivity contribution in [1.29, 1.82) is 0 Å². The zero-order valence-electron chi connectivity index (χ0n) is 18.1. The molecule has 7 nitrogen and oxygen atoms in total. The molecule has 4 rings (SSSR count). The SMILES string of the molecule is CCn1cc(C(C)NC(=O)Cn2nc(C)c3c(-c4ccc(F)cc4)ccnc32)c(C)n1. The number of amides is 1. The second-order valence-electron chi connectivity index (χ2n) is 7.62. The molecule has 0 fully saturated rings. The maximum Gasteiger partial charge on any atom is 0.242 e. The van der Waals surface area contributed by atoms with Gasteiger partial charge < -0.3 is 5.32 Å². The molecule has 0 aliphatic heterocycles. The Kier molecular flexibility index (Phi) is 5.54. The molecule has 1 amide bonds. The van der Waals surface area contributed by atoms with Crippen molar-refractivity contribution in [1.82, 2.24) is 29.9 Å². The maximum atomic E-state index is 13.3. The lowest BCUT2D eigenvalue weighted by atomic mass is 10.0. The first-order valence-electron chi connectivity index (χ1n) is 10.3. The molecular weight excluding hydrogens is 395 g/mol. The van der Waals surface area contributed by atoms with Crippen LogP contribution in [0.2, 0.25) is 0 Å². The average Bonchev–Trinajstić information content (AvgIpc) is 3.28. The molecular formula is C23H25FN6O. The molecule has 160 valence electrons. The summed E-state index contributed by atoms with van der Waals surface area (Å²) in [5.74, 6) is -0.443. The number of hydrogen-bond acceptors (Lipinski definition) is 4. The molecule has 4 aromatic rings. The summed E-state index contributed by atoms with van der Waals surface area (Å²) >= 11 is 0. The van der Waals surface area contributed by atoms with Crippen LogP contribution in [0.1, 0.15) is 36.8 Å². The summed E-state index contributed by atoms with van der Waals surface area (Å²) in [6.45, 7) is 8.63. The van der Waals surface area contributed by atoms with Gasteiger partial charge in [0.1, 0.15) is 12.4 Å². The van der Waals surface area contributed by atoms with Crippen LogP contribution < -0.4 is 5.32 Å². The van der Waals surface area contributed by atoms with Crippen molar-refractivity contribution in [3.63, 3.8) is 0 Å². The molecule has 0 spiro atoms. The zero-order chi connectivity index (χ0) is 22.1. The van der Waals surface area contributed by atoms with Crippen molar-refractivity contribution < 1.29 is 9.18 Å². The van der Waals surface area contributed by atoms with Gasteiger partial charge in [-0.3, -0.25) is 9.48 Å². The van der Waals surface area contributed by atoms with E-state index in [1.807, 2.05) is 44.6 Å². The normalized spacial score (nSPS) is 12.3. The van der Waals surface area contributed by atoms with Crippen LogP contribution in [0, 0.1) is 19.7 Å². The van der Waals surface area contributed by atoms with Crippen LogP contribution in [-0.2, 0) is 17.9 Å². The summed E-state index contributed by atoms with van der Waals surface area (Å²) in [5.41, 5.74) is 5.07. The Bertz CT molecular complexity index is 1240. The van der Waals surface area contributed by atoms with E-state index in [9.17, 15) is 9.18 Å². The number of pyridine rings is 1. The average molecular weight is 420 g/mol. The summed E-state index contributed by atoms with van der Waals surface area (Å²) in [5, 5.41) is 12.9. The van der Waals surface area contributed by atoms with Crippen LogP contribution in [0.3, 0.4) is 0 Å². The highest BCUT2D eigenvalue weighted by Gasteiger charge is 2.18. The van der Waals surface area contributed by atoms with E-state index in [1.54, 1.807) is 23.0 Å². The van der Waals surface area contributed by atoms with Crippen molar-refractivity contribution in [2.75, 3.05) is 0 Å². The molecule has 0 radical (unpaired) electrons. The van der Waals surface area contributed by atoms with Gasteiger partial charge in [0.25, 0.3) is 0 Å². The fourth-order valence-electron chi connectivity index (χ4n) is 3.88. The van der Waals surface area contributed by atoms with Gasteiger partial charge in [0.05, 0.1) is 17.4 Å². The number of nitrogens with zero attached hydrogens (tertiary/aromatic N) is 5. The van der Waals surface area contributed by atoms with Gasteiger partial charge in [0, 0.05) is 29.9 Å². The van der Waals surface area contributed by atoms with E-state index in [0.717, 1.165) is 40.0 Å². The smallest absolute Gasteiger partial charge is 0.242 e. The Morgan fingerprint density at radius 1 is 1.13 bits per heavy atom. The molecule has 3 aromatic heterocycles. The van der Waals surface area contributed by atoms with Crippen molar-refractivity contribution in [2.45, 2.75) is 46.8 Å². The van der Waals surface area contributed by atoms with Crippen LogP contribution in [-0.4, -0.2) is 30.5 Å². The van der Waals surface area contributed by atoms with Gasteiger partial charge in [0.2, 0.25) is 5.91 Å². The Hall–Kier alpha value is -3.55. The highest BCUT2D eigenvalue weighted by atomic mass is 19.1. The van der Waals surface area contributed by atoms with Crippen LogP contribution in [0.5, 0.6) is 0 Å². The molecule has 0 saturated heterocycles. The number of aromatic nitrogens is 5. The predicted octanol–water partition coefficient (Wildman–Crippen LogP) is 3.95. The highest BCUT2D eigenvalue weighted by molar-refractivity contribution is 5.95. The minimum atomic E-state index is -0.285. The summed E-state index contributed by atoms with van der Waals surface area (Å²) < 4.78 is 16.8. The largest absolute Gasteiger partial charge is 0.348 e. The Balaban J connectivity index is 1.59. The Morgan fingerprint density at radius 2 is 1.87 bits per heavy atom. The molecule has 3 heterocycles. The lowest BCUT2D eigenvalue weighted by Gasteiger charge is -2.13. The second kappa shape index (κ2) is 8.29. The van der Waals surface area contributed by atoms with E-state index in [-0.39, 0.29) is 24.3 Å². The van der Waals surface area contributed by atoms with E-state index >= 15 is 0 Å². The minimum absolute atomic E-state index is 0.0511. The molecule has 0 saturated carbocycles. The molecule has 31 heavy (non-hydrogen) atoms. The molecule has 1 unspecified atom stereocenters. The number of rotatable bonds is 6.